The molecule has 4 heteroatoms. The molecule has 4 nitrogen and oxygen atoms in total. The molecule has 0 aliphatic rings. The van der Waals surface area contributed by atoms with Crippen LogP contribution in [0.1, 0.15) is 194 Å². The van der Waals surface area contributed by atoms with Crippen LogP contribution in [0.3, 0.4) is 0 Å². The normalized spacial score (nSPS) is 12.5. The number of unbranched alkanes of at least 4 members (excludes halogenated alkanes) is 23. The minimum Gasteiger partial charge on any atom is -0.457 e. The summed E-state index contributed by atoms with van der Waals surface area (Å²) in [5.74, 6) is -0.211. The highest BCUT2D eigenvalue weighted by Gasteiger charge is 2.13. The Bertz CT molecular complexity index is 600. The van der Waals surface area contributed by atoms with Crippen LogP contribution in [-0.2, 0) is 14.3 Å². The van der Waals surface area contributed by atoms with Crippen molar-refractivity contribution < 1.29 is 19.4 Å². The Morgan fingerprint density at radius 1 is 0.535 bits per heavy atom. The summed E-state index contributed by atoms with van der Waals surface area (Å²) in [5, 5.41) is 9.55. The molecule has 0 radical (unpaired) electrons. The summed E-state index contributed by atoms with van der Waals surface area (Å²) in [6.45, 7) is 5.32. The van der Waals surface area contributed by atoms with Crippen LogP contribution in [0, 0.1) is 0 Å². The average Bonchev–Trinajstić information content (AvgIpc) is 3.01. The van der Waals surface area contributed by atoms with Gasteiger partial charge in [-0.2, -0.15) is 0 Å². The van der Waals surface area contributed by atoms with E-state index in [0.717, 1.165) is 19.3 Å². The molecule has 43 heavy (non-hydrogen) atoms. The van der Waals surface area contributed by atoms with Gasteiger partial charge in [-0.25, -0.2) is 0 Å². The number of ether oxygens (including phenoxy) is 2. The molecule has 1 unspecified atom stereocenters. The van der Waals surface area contributed by atoms with Gasteiger partial charge in [0.2, 0.25) is 0 Å². The SMILES string of the molecule is CCCCCCC/C=C\CCCCCCCC(=O)OC(CO)COCCCCCCCC/C=C\CCCCCCCCC. The van der Waals surface area contributed by atoms with Gasteiger partial charge in [-0.05, 0) is 64.2 Å². The Morgan fingerprint density at radius 2 is 0.907 bits per heavy atom. The minimum atomic E-state index is -0.537. The zero-order valence-corrected chi connectivity index (χ0v) is 29.0. The molecule has 1 atom stereocenters. The number of esters is 1. The van der Waals surface area contributed by atoms with Crippen molar-refractivity contribution in [1.29, 1.82) is 0 Å². The summed E-state index contributed by atoms with van der Waals surface area (Å²) >= 11 is 0. The second-order valence-corrected chi connectivity index (χ2v) is 12.6. The summed E-state index contributed by atoms with van der Waals surface area (Å²) in [5.41, 5.74) is 0. The van der Waals surface area contributed by atoms with Crippen molar-refractivity contribution in [1.82, 2.24) is 0 Å². The second kappa shape index (κ2) is 37.1. The number of carbonyl (C=O) groups excluding carboxylic acids is 1. The number of carbonyl (C=O) groups is 1. The van der Waals surface area contributed by atoms with E-state index in [2.05, 4.69) is 38.2 Å². The molecular weight excluding hydrogens is 532 g/mol. The van der Waals surface area contributed by atoms with Crippen molar-refractivity contribution in [3.63, 3.8) is 0 Å². The molecular formula is C39H74O4. The zero-order chi connectivity index (χ0) is 31.3. The summed E-state index contributed by atoms with van der Waals surface area (Å²) in [6.07, 6.45) is 43.6. The van der Waals surface area contributed by atoms with Crippen LogP contribution in [0.15, 0.2) is 24.3 Å². The van der Waals surface area contributed by atoms with Crippen LogP contribution in [0.5, 0.6) is 0 Å². The molecule has 0 saturated heterocycles. The van der Waals surface area contributed by atoms with E-state index in [-0.39, 0.29) is 12.6 Å². The largest absolute Gasteiger partial charge is 0.457 e. The quantitative estimate of drug-likeness (QED) is 0.0443. The first-order valence-electron chi connectivity index (χ1n) is 18.9. The van der Waals surface area contributed by atoms with E-state index in [1.165, 1.54) is 154 Å². The molecule has 0 aromatic rings. The van der Waals surface area contributed by atoms with Gasteiger partial charge in [-0.1, -0.05) is 147 Å². The van der Waals surface area contributed by atoms with Crippen LogP contribution < -0.4 is 0 Å². The van der Waals surface area contributed by atoms with Crippen molar-refractivity contribution in [2.75, 3.05) is 19.8 Å². The van der Waals surface area contributed by atoms with E-state index in [4.69, 9.17) is 9.47 Å². The molecule has 0 bridgehead atoms. The summed E-state index contributed by atoms with van der Waals surface area (Å²) in [6, 6.07) is 0. The number of hydrogen-bond acceptors (Lipinski definition) is 4. The molecule has 0 amide bonds. The third kappa shape index (κ3) is 35.2. The first kappa shape index (κ1) is 41.9. The Hall–Kier alpha value is -1.13. The maximum absolute atomic E-state index is 12.1. The fourth-order valence-electron chi connectivity index (χ4n) is 5.38. The monoisotopic (exact) mass is 607 g/mol. The zero-order valence-electron chi connectivity index (χ0n) is 29.0. The highest BCUT2D eigenvalue weighted by atomic mass is 16.6. The lowest BCUT2D eigenvalue weighted by atomic mass is 10.1. The fourth-order valence-corrected chi connectivity index (χ4v) is 5.38. The Balaban J connectivity index is 3.44. The topological polar surface area (TPSA) is 55.8 Å². The Kier molecular flexibility index (Phi) is 36.1. The average molecular weight is 607 g/mol. The van der Waals surface area contributed by atoms with Crippen LogP contribution in [0.25, 0.3) is 0 Å². The Labute approximate surface area is 268 Å². The lowest BCUT2D eigenvalue weighted by Crippen LogP contribution is -2.27. The van der Waals surface area contributed by atoms with Crippen molar-refractivity contribution >= 4 is 5.97 Å². The van der Waals surface area contributed by atoms with E-state index in [9.17, 15) is 9.90 Å². The van der Waals surface area contributed by atoms with Crippen molar-refractivity contribution in [2.24, 2.45) is 0 Å². The summed E-state index contributed by atoms with van der Waals surface area (Å²) < 4.78 is 11.1. The maximum atomic E-state index is 12.1. The molecule has 0 rings (SSSR count). The van der Waals surface area contributed by atoms with E-state index in [0.29, 0.717) is 19.6 Å². The van der Waals surface area contributed by atoms with Crippen molar-refractivity contribution in [2.45, 2.75) is 200 Å². The number of hydrogen-bond donors (Lipinski definition) is 1. The van der Waals surface area contributed by atoms with Gasteiger partial charge in [-0.3, -0.25) is 4.79 Å². The number of allylic oxidation sites excluding steroid dienone is 4. The van der Waals surface area contributed by atoms with Crippen LogP contribution in [-0.4, -0.2) is 37.0 Å². The highest BCUT2D eigenvalue weighted by molar-refractivity contribution is 5.69. The number of aliphatic hydroxyl groups excluding tert-OH is 1. The summed E-state index contributed by atoms with van der Waals surface area (Å²) in [4.78, 5) is 12.1. The molecule has 0 spiro atoms. The van der Waals surface area contributed by atoms with E-state index in [1.54, 1.807) is 0 Å². The minimum absolute atomic E-state index is 0.175. The lowest BCUT2D eigenvalue weighted by molar-refractivity contribution is -0.154. The molecule has 0 aliphatic heterocycles. The van der Waals surface area contributed by atoms with Crippen LogP contribution in [0.4, 0.5) is 0 Å². The van der Waals surface area contributed by atoms with E-state index < -0.39 is 6.10 Å². The predicted molar refractivity (Wildman–Crippen MR) is 187 cm³/mol. The van der Waals surface area contributed by atoms with Gasteiger partial charge in [0, 0.05) is 13.0 Å². The van der Waals surface area contributed by atoms with Crippen molar-refractivity contribution in [3.05, 3.63) is 24.3 Å². The lowest BCUT2D eigenvalue weighted by Gasteiger charge is -2.15. The van der Waals surface area contributed by atoms with Gasteiger partial charge in [0.25, 0.3) is 0 Å². The van der Waals surface area contributed by atoms with E-state index in [1.807, 2.05) is 0 Å². The van der Waals surface area contributed by atoms with Gasteiger partial charge in [0.05, 0.1) is 13.2 Å². The first-order chi connectivity index (χ1) is 21.2. The highest BCUT2D eigenvalue weighted by Crippen LogP contribution is 2.12. The van der Waals surface area contributed by atoms with Crippen molar-refractivity contribution in [3.8, 4) is 0 Å². The molecule has 0 saturated carbocycles. The van der Waals surface area contributed by atoms with Gasteiger partial charge >= 0.3 is 5.97 Å². The third-order valence-corrected chi connectivity index (χ3v) is 8.25. The van der Waals surface area contributed by atoms with Crippen LogP contribution in [0.2, 0.25) is 0 Å². The molecule has 1 N–H and O–H groups in total. The molecule has 0 heterocycles. The van der Waals surface area contributed by atoms with Gasteiger partial charge < -0.3 is 14.6 Å². The molecule has 0 fully saturated rings. The third-order valence-electron chi connectivity index (χ3n) is 8.25. The second-order valence-electron chi connectivity index (χ2n) is 12.6. The molecule has 0 aromatic heterocycles. The fraction of sp³-hybridized carbons (Fsp3) is 0.872. The smallest absolute Gasteiger partial charge is 0.306 e. The number of rotatable bonds is 35. The maximum Gasteiger partial charge on any atom is 0.306 e. The number of aliphatic hydroxyl groups is 1. The molecule has 0 aliphatic carbocycles. The van der Waals surface area contributed by atoms with Gasteiger partial charge in [-0.15, -0.1) is 0 Å². The van der Waals surface area contributed by atoms with Gasteiger partial charge in [0.15, 0.2) is 0 Å². The molecule has 0 aromatic carbocycles. The van der Waals surface area contributed by atoms with E-state index >= 15 is 0 Å². The summed E-state index contributed by atoms with van der Waals surface area (Å²) in [7, 11) is 0. The molecule has 254 valence electrons. The first-order valence-corrected chi connectivity index (χ1v) is 18.9. The standard InChI is InChI=1S/C39H74O4/c1-3-5-7-9-11-13-15-17-19-20-21-23-25-27-29-31-33-35-42-37-38(36-40)43-39(41)34-32-30-28-26-24-22-18-16-14-12-10-8-6-4-2/h16,18-20,38,40H,3-15,17,21-37H2,1-2H3/b18-16-,20-19-. The predicted octanol–water partition coefficient (Wildman–Crippen LogP) is 12.0. The Morgan fingerprint density at radius 3 is 1.33 bits per heavy atom. The van der Waals surface area contributed by atoms with Crippen LogP contribution >= 0.6 is 0 Å². The van der Waals surface area contributed by atoms with Gasteiger partial charge in [0.1, 0.15) is 6.10 Å².